The van der Waals surface area contributed by atoms with Crippen LogP contribution in [0.4, 0.5) is 0 Å². The molecule has 0 aromatic carbocycles. The van der Waals surface area contributed by atoms with E-state index in [1.807, 2.05) is 4.52 Å². The van der Waals surface area contributed by atoms with Crippen LogP contribution in [0.15, 0.2) is 0 Å². The number of aromatic nitrogens is 4. The van der Waals surface area contributed by atoms with Gasteiger partial charge < -0.3 is 10.1 Å². The quantitative estimate of drug-likeness (QED) is 0.920. The molecule has 1 saturated heterocycles. The summed E-state index contributed by atoms with van der Waals surface area (Å²) < 4.78 is 7.74. The van der Waals surface area contributed by atoms with Gasteiger partial charge in [0.2, 0.25) is 4.96 Å². The van der Waals surface area contributed by atoms with E-state index in [0.717, 1.165) is 28.9 Å². The van der Waals surface area contributed by atoms with Crippen LogP contribution in [0.25, 0.3) is 4.96 Å². The lowest BCUT2D eigenvalue weighted by molar-refractivity contribution is -0.0769. The Hall–Kier alpha value is -1.05. The Morgan fingerprint density at radius 3 is 2.68 bits per heavy atom. The number of nitrogens with zero attached hydrogens (tertiary/aromatic N) is 4. The molecule has 2 aromatic heterocycles. The maximum Gasteiger partial charge on any atom is 0.234 e. The molecule has 6 nitrogen and oxygen atoms in total. The Labute approximate surface area is 116 Å². The van der Waals surface area contributed by atoms with Crippen molar-refractivity contribution in [1.82, 2.24) is 25.1 Å². The summed E-state index contributed by atoms with van der Waals surface area (Å²) in [5.74, 6) is 0.890. The molecule has 0 aliphatic carbocycles. The Balaban J connectivity index is 1.80. The van der Waals surface area contributed by atoms with Crippen molar-refractivity contribution in [1.29, 1.82) is 0 Å². The molecule has 1 N–H and O–H groups in total. The summed E-state index contributed by atoms with van der Waals surface area (Å²) in [7, 11) is 0. The lowest BCUT2D eigenvalue weighted by Crippen LogP contribution is -2.58. The summed E-state index contributed by atoms with van der Waals surface area (Å²) >= 11 is 1.54. The fraction of sp³-hybridized carbons (Fsp3) is 0.750. The number of hydrogen-bond acceptors (Lipinski definition) is 6. The average Bonchev–Trinajstić information content (AvgIpc) is 2.80. The van der Waals surface area contributed by atoms with Crippen LogP contribution >= 0.6 is 11.3 Å². The molecule has 0 amide bonds. The molecule has 2 aromatic rings. The highest BCUT2D eigenvalue weighted by atomic mass is 32.1. The Morgan fingerprint density at radius 2 is 2.11 bits per heavy atom. The molecule has 0 spiro atoms. The molecule has 7 heteroatoms. The van der Waals surface area contributed by atoms with Crippen LogP contribution in [0.1, 0.15) is 38.5 Å². The smallest absolute Gasteiger partial charge is 0.234 e. The molecule has 1 fully saturated rings. The molecule has 0 radical (unpaired) electrons. The van der Waals surface area contributed by atoms with Crippen LogP contribution < -0.4 is 5.32 Å². The molecule has 3 rings (SSSR count). The second kappa shape index (κ2) is 4.22. The van der Waals surface area contributed by atoms with Crippen LogP contribution in [0.5, 0.6) is 0 Å². The second-order valence-corrected chi connectivity index (χ2v) is 7.35. The zero-order chi connectivity index (χ0) is 13.7. The Bertz CT molecular complexity index is 593. The van der Waals surface area contributed by atoms with E-state index in [4.69, 9.17) is 4.74 Å². The van der Waals surface area contributed by atoms with Gasteiger partial charge in [-0.05, 0) is 6.92 Å². The maximum absolute atomic E-state index is 5.90. The number of rotatable bonds is 3. The van der Waals surface area contributed by atoms with Gasteiger partial charge in [-0.2, -0.15) is 9.61 Å². The molecule has 1 aliphatic heterocycles. The van der Waals surface area contributed by atoms with Gasteiger partial charge >= 0.3 is 0 Å². The first kappa shape index (κ1) is 13.0. The zero-order valence-electron chi connectivity index (χ0n) is 11.7. The van der Waals surface area contributed by atoms with Gasteiger partial charge in [-0.3, -0.25) is 0 Å². The number of ether oxygens (including phenoxy) is 1. The zero-order valence-corrected chi connectivity index (χ0v) is 12.5. The summed E-state index contributed by atoms with van der Waals surface area (Å²) in [5, 5.41) is 17.1. The van der Waals surface area contributed by atoms with Crippen LogP contribution in [0, 0.1) is 0 Å². The van der Waals surface area contributed by atoms with E-state index in [9.17, 15) is 0 Å². The number of hydrogen-bond donors (Lipinski definition) is 1. The minimum atomic E-state index is -0.0600. The molecule has 1 aliphatic rings. The standard InChI is InChI=1S/C12H19N5OS/c1-11(2,3)9-14-15-10-17(9)16-8(19-10)5-18-12(4)6-13-7-12/h13H,5-7H2,1-4H3. The van der Waals surface area contributed by atoms with Gasteiger partial charge in [-0.1, -0.05) is 32.1 Å². The SMILES string of the molecule is CC1(OCc2nn3c(C(C)(C)C)nnc3s2)CNC1. The molecule has 0 unspecified atom stereocenters. The third-order valence-corrected chi connectivity index (χ3v) is 4.12. The van der Waals surface area contributed by atoms with E-state index in [0.29, 0.717) is 6.61 Å². The van der Waals surface area contributed by atoms with Crippen molar-refractivity contribution in [2.45, 2.75) is 45.3 Å². The van der Waals surface area contributed by atoms with E-state index in [1.165, 1.54) is 0 Å². The van der Waals surface area contributed by atoms with E-state index >= 15 is 0 Å². The third-order valence-electron chi connectivity index (χ3n) is 3.25. The number of nitrogens with one attached hydrogen (secondary N) is 1. The normalized spacial score (nSPS) is 18.7. The molecule has 104 valence electrons. The monoisotopic (exact) mass is 281 g/mol. The van der Waals surface area contributed by atoms with Crippen LogP contribution in [-0.4, -0.2) is 38.5 Å². The summed E-state index contributed by atoms with van der Waals surface area (Å²) in [6.45, 7) is 10.8. The summed E-state index contributed by atoms with van der Waals surface area (Å²) in [6.07, 6.45) is 0. The fourth-order valence-corrected chi connectivity index (χ4v) is 2.74. The maximum atomic E-state index is 5.90. The second-order valence-electron chi connectivity index (χ2n) is 6.31. The highest BCUT2D eigenvalue weighted by Gasteiger charge is 2.33. The first-order chi connectivity index (χ1) is 8.87. The van der Waals surface area contributed by atoms with E-state index in [2.05, 4.69) is 48.3 Å². The van der Waals surface area contributed by atoms with Gasteiger partial charge in [-0.25, -0.2) is 0 Å². The van der Waals surface area contributed by atoms with Crippen molar-refractivity contribution < 1.29 is 4.74 Å². The van der Waals surface area contributed by atoms with Crippen molar-refractivity contribution in [3.8, 4) is 0 Å². The molecule has 19 heavy (non-hydrogen) atoms. The van der Waals surface area contributed by atoms with Crippen molar-refractivity contribution in [2.75, 3.05) is 13.1 Å². The number of fused-ring (bicyclic) bond motifs is 1. The van der Waals surface area contributed by atoms with Crippen molar-refractivity contribution in [3.05, 3.63) is 10.8 Å². The van der Waals surface area contributed by atoms with E-state index in [1.54, 1.807) is 11.3 Å². The molecule has 3 heterocycles. The summed E-state index contributed by atoms with van der Waals surface area (Å²) in [5.41, 5.74) is -0.103. The van der Waals surface area contributed by atoms with Gasteiger partial charge in [0.1, 0.15) is 11.6 Å². The first-order valence-corrected chi connectivity index (χ1v) is 7.25. The predicted molar refractivity (Wildman–Crippen MR) is 73.4 cm³/mol. The van der Waals surface area contributed by atoms with Gasteiger partial charge in [-0.15, -0.1) is 10.2 Å². The lowest BCUT2D eigenvalue weighted by Gasteiger charge is -2.38. The van der Waals surface area contributed by atoms with E-state index < -0.39 is 0 Å². The van der Waals surface area contributed by atoms with Gasteiger partial charge in [0.15, 0.2) is 5.82 Å². The highest BCUT2D eigenvalue weighted by molar-refractivity contribution is 7.16. The Kier molecular flexibility index (Phi) is 2.88. The van der Waals surface area contributed by atoms with Crippen LogP contribution in [-0.2, 0) is 16.8 Å². The minimum absolute atomic E-state index is 0.0428. The summed E-state index contributed by atoms with van der Waals surface area (Å²) in [4.78, 5) is 0.834. The first-order valence-electron chi connectivity index (χ1n) is 6.44. The third kappa shape index (κ3) is 2.37. The topological polar surface area (TPSA) is 64.3 Å². The van der Waals surface area contributed by atoms with Crippen LogP contribution in [0.2, 0.25) is 0 Å². The van der Waals surface area contributed by atoms with E-state index in [-0.39, 0.29) is 11.0 Å². The van der Waals surface area contributed by atoms with Crippen molar-refractivity contribution >= 4 is 16.3 Å². The molecule has 0 atom stereocenters. The Morgan fingerprint density at radius 1 is 1.37 bits per heavy atom. The highest BCUT2D eigenvalue weighted by Crippen LogP contribution is 2.25. The fourth-order valence-electron chi connectivity index (χ4n) is 2.00. The van der Waals surface area contributed by atoms with Gasteiger partial charge in [0, 0.05) is 18.5 Å². The average molecular weight is 281 g/mol. The largest absolute Gasteiger partial charge is 0.365 e. The molecular formula is C12H19N5OS. The van der Waals surface area contributed by atoms with Crippen molar-refractivity contribution in [2.24, 2.45) is 0 Å². The molecule has 0 bridgehead atoms. The lowest BCUT2D eigenvalue weighted by atomic mass is 9.96. The van der Waals surface area contributed by atoms with Crippen LogP contribution in [0.3, 0.4) is 0 Å². The minimum Gasteiger partial charge on any atom is -0.365 e. The van der Waals surface area contributed by atoms with Crippen molar-refractivity contribution in [3.63, 3.8) is 0 Å². The predicted octanol–water partition coefficient (Wildman–Crippen LogP) is 1.36. The van der Waals surface area contributed by atoms with Gasteiger partial charge in [0.05, 0.1) is 5.60 Å². The molecule has 0 saturated carbocycles. The summed E-state index contributed by atoms with van der Waals surface area (Å²) in [6, 6.07) is 0. The van der Waals surface area contributed by atoms with Gasteiger partial charge in [0.25, 0.3) is 0 Å². The molecular weight excluding hydrogens is 262 g/mol.